The van der Waals surface area contributed by atoms with Crippen molar-refractivity contribution < 1.29 is 9.59 Å². The summed E-state index contributed by atoms with van der Waals surface area (Å²) >= 11 is 5.63. The summed E-state index contributed by atoms with van der Waals surface area (Å²) in [7, 11) is 0. The van der Waals surface area contributed by atoms with Crippen molar-refractivity contribution in [2.24, 2.45) is 0 Å². The van der Waals surface area contributed by atoms with E-state index in [0.29, 0.717) is 5.56 Å². The van der Waals surface area contributed by atoms with Gasteiger partial charge in [-0.1, -0.05) is 0 Å². The number of carbonyl (C=O) groups is 2. The molecule has 0 aromatic heterocycles. The van der Waals surface area contributed by atoms with Crippen LogP contribution in [0.25, 0.3) is 0 Å². The van der Waals surface area contributed by atoms with Crippen molar-refractivity contribution in [1.82, 2.24) is 0 Å². The Balaban J connectivity index is 2.73. The van der Waals surface area contributed by atoms with Crippen LogP contribution in [0.15, 0.2) is 6.07 Å². The van der Waals surface area contributed by atoms with Crippen LogP contribution in [0.4, 0.5) is 5.69 Å². The van der Waals surface area contributed by atoms with Gasteiger partial charge in [0.25, 0.3) is 0 Å². The van der Waals surface area contributed by atoms with Gasteiger partial charge in [-0.2, -0.15) is 0 Å². The van der Waals surface area contributed by atoms with Gasteiger partial charge in [0.15, 0.2) is 5.78 Å². The molecule has 0 bridgehead atoms. The van der Waals surface area contributed by atoms with Gasteiger partial charge in [-0.25, -0.2) is 0 Å². The number of rotatable bonds is 2. The fraction of sp³-hybridized carbons (Fsp3) is 0.429. The minimum absolute atomic E-state index is 0.0320. The Kier molecular flexibility index (Phi) is 2.98. The average molecular weight is 266 g/mol. The Morgan fingerprint density at radius 3 is 2.50 bits per heavy atom. The van der Waals surface area contributed by atoms with Crippen LogP contribution in [0.1, 0.15) is 40.9 Å². The minimum atomic E-state index is -0.602. The largest absolute Gasteiger partial charge is 0.325 e. The number of carbonyl (C=O) groups excluding carboxylic acids is 2. The number of amides is 1. The molecule has 1 amide bonds. The van der Waals surface area contributed by atoms with Gasteiger partial charge in [0.05, 0.1) is 11.3 Å². The maximum absolute atomic E-state index is 11.9. The number of halogens is 1. The van der Waals surface area contributed by atoms with Gasteiger partial charge in [0.2, 0.25) is 5.91 Å². The van der Waals surface area contributed by atoms with E-state index in [1.54, 1.807) is 6.07 Å². The second kappa shape index (κ2) is 4.09. The first-order valence-electron chi connectivity index (χ1n) is 5.86. The predicted molar refractivity (Wildman–Crippen MR) is 72.6 cm³/mol. The number of hydrogen-bond acceptors (Lipinski definition) is 2. The summed E-state index contributed by atoms with van der Waals surface area (Å²) in [5.41, 5.74) is 3.57. The van der Waals surface area contributed by atoms with Crippen molar-refractivity contribution in [3.05, 3.63) is 28.3 Å². The predicted octanol–water partition coefficient (Wildman–Crippen LogP) is 2.95. The molecule has 3 nitrogen and oxygen atoms in total. The first-order chi connectivity index (χ1) is 8.30. The van der Waals surface area contributed by atoms with Gasteiger partial charge < -0.3 is 5.32 Å². The molecule has 0 unspecified atom stereocenters. The van der Waals surface area contributed by atoms with Crippen molar-refractivity contribution in [1.29, 1.82) is 0 Å². The van der Waals surface area contributed by atoms with Crippen LogP contribution < -0.4 is 5.32 Å². The lowest BCUT2D eigenvalue weighted by atomic mass is 9.83. The quantitative estimate of drug-likeness (QED) is 0.660. The summed E-state index contributed by atoms with van der Waals surface area (Å²) in [4.78, 5) is 23.8. The smallest absolute Gasteiger partial charge is 0.234 e. The molecule has 1 aromatic rings. The summed E-state index contributed by atoms with van der Waals surface area (Å²) in [6.45, 7) is 7.52. The van der Waals surface area contributed by atoms with Gasteiger partial charge in [-0.05, 0) is 50.5 Å². The van der Waals surface area contributed by atoms with E-state index in [1.165, 1.54) is 0 Å². The standard InChI is InChI=1S/C14H16ClNO2/c1-7-8(2)12-10(5-9(7)11(17)6-15)14(3,4)13(18)16-12/h5H,6H2,1-4H3,(H,16,18). The van der Waals surface area contributed by atoms with Crippen LogP contribution >= 0.6 is 11.6 Å². The second-order valence-corrected chi connectivity index (χ2v) is 5.50. The van der Waals surface area contributed by atoms with E-state index < -0.39 is 5.41 Å². The molecular weight excluding hydrogens is 250 g/mol. The maximum Gasteiger partial charge on any atom is 0.234 e. The maximum atomic E-state index is 11.9. The number of fused-ring (bicyclic) bond motifs is 1. The van der Waals surface area contributed by atoms with Crippen molar-refractivity contribution in [2.45, 2.75) is 33.1 Å². The monoisotopic (exact) mass is 265 g/mol. The van der Waals surface area contributed by atoms with Gasteiger partial charge in [0, 0.05) is 11.3 Å². The number of nitrogens with one attached hydrogen (secondary N) is 1. The van der Waals surface area contributed by atoms with E-state index in [2.05, 4.69) is 5.32 Å². The number of alkyl halides is 1. The molecule has 1 aliphatic heterocycles. The van der Waals surface area contributed by atoms with E-state index >= 15 is 0 Å². The molecule has 0 atom stereocenters. The summed E-state index contributed by atoms with van der Waals surface area (Å²) in [5.74, 6) is -0.174. The van der Waals surface area contributed by atoms with Crippen LogP contribution in [0, 0.1) is 13.8 Å². The number of ketones is 1. The molecule has 1 heterocycles. The Bertz CT molecular complexity index is 561. The van der Waals surface area contributed by atoms with Gasteiger partial charge in [-0.3, -0.25) is 9.59 Å². The zero-order valence-electron chi connectivity index (χ0n) is 11.0. The molecule has 96 valence electrons. The lowest BCUT2D eigenvalue weighted by Gasteiger charge is -2.18. The van der Waals surface area contributed by atoms with Crippen LogP contribution in [0.5, 0.6) is 0 Å². The highest BCUT2D eigenvalue weighted by atomic mass is 35.5. The Morgan fingerprint density at radius 2 is 1.94 bits per heavy atom. The molecule has 0 radical (unpaired) electrons. The highest BCUT2D eigenvalue weighted by molar-refractivity contribution is 6.30. The minimum Gasteiger partial charge on any atom is -0.325 e. The lowest BCUT2D eigenvalue weighted by Crippen LogP contribution is -2.27. The molecule has 2 rings (SSSR count). The second-order valence-electron chi connectivity index (χ2n) is 5.23. The first-order valence-corrected chi connectivity index (χ1v) is 6.39. The molecule has 1 aliphatic rings. The molecule has 0 spiro atoms. The zero-order chi connectivity index (χ0) is 13.7. The number of anilines is 1. The van der Waals surface area contributed by atoms with E-state index in [0.717, 1.165) is 22.4 Å². The van der Waals surface area contributed by atoms with E-state index in [1.807, 2.05) is 27.7 Å². The van der Waals surface area contributed by atoms with E-state index in [-0.39, 0.29) is 17.6 Å². The van der Waals surface area contributed by atoms with Crippen LogP contribution in [-0.4, -0.2) is 17.6 Å². The third kappa shape index (κ3) is 1.65. The highest BCUT2D eigenvalue weighted by Crippen LogP contribution is 2.41. The summed E-state index contributed by atoms with van der Waals surface area (Å²) in [5, 5.41) is 2.90. The SMILES string of the molecule is Cc1c(C(=O)CCl)cc2c(c1C)NC(=O)C2(C)C. The molecule has 0 saturated heterocycles. The molecule has 1 N–H and O–H groups in total. The highest BCUT2D eigenvalue weighted by Gasteiger charge is 2.40. The Labute approximate surface area is 112 Å². The van der Waals surface area contributed by atoms with Crippen molar-refractivity contribution in [3.63, 3.8) is 0 Å². The first kappa shape index (κ1) is 13.1. The van der Waals surface area contributed by atoms with E-state index in [9.17, 15) is 9.59 Å². The summed E-state index contributed by atoms with van der Waals surface area (Å²) < 4.78 is 0. The summed E-state index contributed by atoms with van der Waals surface area (Å²) in [6, 6.07) is 1.81. The van der Waals surface area contributed by atoms with E-state index in [4.69, 9.17) is 11.6 Å². The number of benzene rings is 1. The molecule has 0 fully saturated rings. The van der Waals surface area contributed by atoms with Gasteiger partial charge in [0.1, 0.15) is 0 Å². The molecular formula is C14H16ClNO2. The van der Waals surface area contributed by atoms with Gasteiger partial charge in [-0.15, -0.1) is 11.6 Å². The average Bonchev–Trinajstić information content (AvgIpc) is 2.55. The third-order valence-corrected chi connectivity index (χ3v) is 4.04. The Morgan fingerprint density at radius 1 is 1.33 bits per heavy atom. The van der Waals surface area contributed by atoms with Crippen molar-refractivity contribution in [3.8, 4) is 0 Å². The van der Waals surface area contributed by atoms with Crippen LogP contribution in [-0.2, 0) is 10.2 Å². The normalized spacial score (nSPS) is 16.4. The Hall–Kier alpha value is -1.35. The third-order valence-electron chi connectivity index (χ3n) is 3.80. The van der Waals surface area contributed by atoms with Crippen molar-refractivity contribution in [2.75, 3.05) is 11.2 Å². The van der Waals surface area contributed by atoms with Crippen LogP contribution in [0.2, 0.25) is 0 Å². The topological polar surface area (TPSA) is 46.2 Å². The molecule has 1 aromatic carbocycles. The molecule has 0 saturated carbocycles. The molecule has 0 aliphatic carbocycles. The van der Waals surface area contributed by atoms with Crippen molar-refractivity contribution >= 4 is 29.0 Å². The fourth-order valence-corrected chi connectivity index (χ4v) is 2.47. The number of hydrogen-bond donors (Lipinski definition) is 1. The lowest BCUT2D eigenvalue weighted by molar-refractivity contribution is -0.119. The fourth-order valence-electron chi connectivity index (χ4n) is 2.32. The van der Waals surface area contributed by atoms with Crippen LogP contribution in [0.3, 0.4) is 0 Å². The van der Waals surface area contributed by atoms with Gasteiger partial charge >= 0.3 is 0 Å². The zero-order valence-corrected chi connectivity index (χ0v) is 11.7. The summed E-state index contributed by atoms with van der Waals surface area (Å²) in [6.07, 6.45) is 0. The number of Topliss-reactive ketones (excluding diaryl/α,β-unsaturated/α-hetero) is 1. The molecule has 4 heteroatoms. The molecule has 18 heavy (non-hydrogen) atoms.